The van der Waals surface area contributed by atoms with E-state index in [2.05, 4.69) is 5.10 Å². The van der Waals surface area contributed by atoms with Crippen molar-refractivity contribution in [3.05, 3.63) is 32.7 Å². The summed E-state index contributed by atoms with van der Waals surface area (Å²) >= 11 is 7.85. The van der Waals surface area contributed by atoms with Gasteiger partial charge < -0.3 is 9.84 Å². The molecule has 2 aromatic rings. The van der Waals surface area contributed by atoms with Crippen molar-refractivity contribution >= 4 is 22.9 Å². The maximum atomic E-state index is 10.4. The lowest BCUT2D eigenvalue weighted by molar-refractivity contribution is 0.175. The number of aliphatic hydroxyl groups is 1. The van der Waals surface area contributed by atoms with Crippen LogP contribution in [0.5, 0.6) is 5.75 Å². The molecule has 4 nitrogen and oxygen atoms in total. The summed E-state index contributed by atoms with van der Waals surface area (Å²) in [6, 6.07) is 1.86. The van der Waals surface area contributed by atoms with Crippen LogP contribution in [-0.2, 0) is 19.4 Å². The van der Waals surface area contributed by atoms with E-state index < -0.39 is 6.10 Å². The fraction of sp³-hybridized carbons (Fsp3) is 0.500. The Bertz CT molecular complexity index is 580. The molecule has 0 saturated heterocycles. The Kier molecular flexibility index (Phi) is 5.07. The summed E-state index contributed by atoms with van der Waals surface area (Å²) in [6.45, 7) is 4.78. The first-order valence-electron chi connectivity index (χ1n) is 6.65. The lowest BCUT2D eigenvalue weighted by atomic mass is 10.1. The Morgan fingerprint density at radius 3 is 2.85 bits per heavy atom. The second-order valence-electron chi connectivity index (χ2n) is 4.45. The zero-order valence-corrected chi connectivity index (χ0v) is 13.5. The van der Waals surface area contributed by atoms with Gasteiger partial charge in [-0.05, 0) is 24.8 Å². The van der Waals surface area contributed by atoms with Crippen molar-refractivity contribution in [3.8, 4) is 5.75 Å². The third-order valence-electron chi connectivity index (χ3n) is 3.26. The minimum Gasteiger partial charge on any atom is -0.495 e. The molecule has 6 heteroatoms. The van der Waals surface area contributed by atoms with E-state index in [1.807, 2.05) is 30.0 Å². The molecule has 1 N–H and O–H groups in total. The van der Waals surface area contributed by atoms with Crippen LogP contribution in [0.15, 0.2) is 11.4 Å². The van der Waals surface area contributed by atoms with Crippen LogP contribution in [0, 0.1) is 0 Å². The summed E-state index contributed by atoms with van der Waals surface area (Å²) in [5, 5.41) is 17.5. The molecule has 0 amide bonds. The molecule has 0 saturated carbocycles. The third kappa shape index (κ3) is 2.85. The second kappa shape index (κ2) is 6.61. The summed E-state index contributed by atoms with van der Waals surface area (Å²) in [7, 11) is 1.61. The normalized spacial score (nSPS) is 12.7. The standard InChI is InChI=1S/C14H19ClN2O2S/c1-4-9-13(15)10(17(5-2)16-9)8-11(18)14-12(19-3)6-7-20-14/h6-7,11,18H,4-5,8H2,1-3H3. The Balaban J connectivity index is 2.27. The predicted molar refractivity (Wildman–Crippen MR) is 81.8 cm³/mol. The van der Waals surface area contributed by atoms with Crippen LogP contribution in [0.4, 0.5) is 0 Å². The summed E-state index contributed by atoms with van der Waals surface area (Å²) in [5.41, 5.74) is 1.77. The molecule has 0 aliphatic carbocycles. The van der Waals surface area contributed by atoms with Gasteiger partial charge in [-0.3, -0.25) is 4.68 Å². The number of nitrogens with zero attached hydrogens (tertiary/aromatic N) is 2. The Morgan fingerprint density at radius 2 is 2.25 bits per heavy atom. The smallest absolute Gasteiger partial charge is 0.135 e. The van der Waals surface area contributed by atoms with Crippen LogP contribution in [0.3, 0.4) is 0 Å². The minimum atomic E-state index is -0.630. The summed E-state index contributed by atoms with van der Waals surface area (Å²) in [4.78, 5) is 0.825. The first-order chi connectivity index (χ1) is 9.62. The molecule has 0 bridgehead atoms. The molecule has 0 aliphatic rings. The van der Waals surface area contributed by atoms with Gasteiger partial charge >= 0.3 is 0 Å². The molecule has 0 spiro atoms. The van der Waals surface area contributed by atoms with Gasteiger partial charge in [0.25, 0.3) is 0 Å². The van der Waals surface area contributed by atoms with Crippen LogP contribution in [-0.4, -0.2) is 22.0 Å². The molecule has 0 radical (unpaired) electrons. The zero-order valence-electron chi connectivity index (χ0n) is 11.9. The number of rotatable bonds is 6. The van der Waals surface area contributed by atoms with E-state index in [9.17, 15) is 5.11 Å². The van der Waals surface area contributed by atoms with Crippen molar-refractivity contribution in [2.24, 2.45) is 0 Å². The number of halogens is 1. The van der Waals surface area contributed by atoms with E-state index in [1.165, 1.54) is 11.3 Å². The highest BCUT2D eigenvalue weighted by atomic mass is 35.5. The van der Waals surface area contributed by atoms with Gasteiger partial charge in [0.15, 0.2) is 0 Å². The Morgan fingerprint density at radius 1 is 1.50 bits per heavy atom. The quantitative estimate of drug-likeness (QED) is 0.888. The van der Waals surface area contributed by atoms with Crippen molar-refractivity contribution in [2.75, 3.05) is 7.11 Å². The number of aliphatic hydroxyl groups excluding tert-OH is 1. The Labute approximate surface area is 128 Å². The van der Waals surface area contributed by atoms with Crippen molar-refractivity contribution in [1.29, 1.82) is 0 Å². The number of hydrogen-bond acceptors (Lipinski definition) is 4. The van der Waals surface area contributed by atoms with E-state index in [-0.39, 0.29) is 0 Å². The first kappa shape index (κ1) is 15.4. The second-order valence-corrected chi connectivity index (χ2v) is 5.78. The van der Waals surface area contributed by atoms with Crippen molar-refractivity contribution in [3.63, 3.8) is 0 Å². The van der Waals surface area contributed by atoms with E-state index >= 15 is 0 Å². The SMILES string of the molecule is CCc1nn(CC)c(CC(O)c2sccc2OC)c1Cl. The summed E-state index contributed by atoms with van der Waals surface area (Å²) < 4.78 is 7.12. The highest BCUT2D eigenvalue weighted by Crippen LogP contribution is 2.34. The third-order valence-corrected chi connectivity index (χ3v) is 4.70. The van der Waals surface area contributed by atoms with Crippen molar-refractivity contribution in [1.82, 2.24) is 9.78 Å². The molecular formula is C14H19ClN2O2S. The van der Waals surface area contributed by atoms with Crippen molar-refractivity contribution in [2.45, 2.75) is 39.3 Å². The Hall–Kier alpha value is -1.04. The van der Waals surface area contributed by atoms with Crippen LogP contribution in [0.2, 0.25) is 5.02 Å². The van der Waals surface area contributed by atoms with E-state index in [4.69, 9.17) is 16.3 Å². The van der Waals surface area contributed by atoms with Crippen LogP contribution in [0.25, 0.3) is 0 Å². The number of thiophene rings is 1. The lowest BCUT2D eigenvalue weighted by Crippen LogP contribution is -2.08. The van der Waals surface area contributed by atoms with Crippen LogP contribution >= 0.6 is 22.9 Å². The summed E-state index contributed by atoms with van der Waals surface area (Å²) in [6.07, 6.45) is 0.600. The van der Waals surface area contributed by atoms with Gasteiger partial charge in [-0.15, -0.1) is 11.3 Å². The number of aromatic nitrogens is 2. The fourth-order valence-corrected chi connectivity index (χ4v) is 3.40. The largest absolute Gasteiger partial charge is 0.495 e. The van der Waals surface area contributed by atoms with Crippen molar-refractivity contribution < 1.29 is 9.84 Å². The fourth-order valence-electron chi connectivity index (χ4n) is 2.21. The molecule has 1 unspecified atom stereocenters. The van der Waals surface area contributed by atoms with Crippen LogP contribution in [0.1, 0.15) is 36.2 Å². The molecule has 2 aromatic heterocycles. The van der Waals surface area contributed by atoms with Gasteiger partial charge in [-0.1, -0.05) is 18.5 Å². The first-order valence-corrected chi connectivity index (χ1v) is 7.91. The average Bonchev–Trinajstić information content (AvgIpc) is 3.04. The van der Waals surface area contributed by atoms with E-state index in [1.54, 1.807) is 7.11 Å². The van der Waals surface area contributed by atoms with Gasteiger partial charge in [0.2, 0.25) is 0 Å². The topological polar surface area (TPSA) is 47.3 Å². The molecule has 2 rings (SSSR count). The molecule has 0 aromatic carbocycles. The van der Waals surface area contributed by atoms with E-state index in [0.717, 1.165) is 35.0 Å². The maximum Gasteiger partial charge on any atom is 0.135 e. The van der Waals surface area contributed by atoms with Crippen LogP contribution < -0.4 is 4.74 Å². The average molecular weight is 315 g/mol. The van der Waals surface area contributed by atoms with Gasteiger partial charge in [0.05, 0.1) is 34.5 Å². The maximum absolute atomic E-state index is 10.4. The van der Waals surface area contributed by atoms with Gasteiger partial charge in [-0.2, -0.15) is 5.10 Å². The van der Waals surface area contributed by atoms with Gasteiger partial charge in [0.1, 0.15) is 5.75 Å². The van der Waals surface area contributed by atoms with Gasteiger partial charge in [0, 0.05) is 13.0 Å². The minimum absolute atomic E-state index is 0.441. The predicted octanol–water partition coefficient (Wildman–Crippen LogP) is 3.47. The highest BCUT2D eigenvalue weighted by Gasteiger charge is 2.21. The molecule has 110 valence electrons. The van der Waals surface area contributed by atoms with Gasteiger partial charge in [-0.25, -0.2) is 0 Å². The molecule has 20 heavy (non-hydrogen) atoms. The zero-order chi connectivity index (χ0) is 14.7. The molecule has 1 atom stereocenters. The van der Waals surface area contributed by atoms with E-state index in [0.29, 0.717) is 11.4 Å². The number of ether oxygens (including phenoxy) is 1. The molecular weight excluding hydrogens is 296 g/mol. The lowest BCUT2D eigenvalue weighted by Gasteiger charge is -2.12. The number of methoxy groups -OCH3 is 1. The monoisotopic (exact) mass is 314 g/mol. The number of aryl methyl sites for hydroxylation is 2. The highest BCUT2D eigenvalue weighted by molar-refractivity contribution is 7.10. The molecule has 0 fully saturated rings. The number of hydrogen-bond donors (Lipinski definition) is 1. The molecule has 0 aliphatic heterocycles. The summed E-state index contributed by atoms with van der Waals surface area (Å²) in [5.74, 6) is 0.719. The molecule has 2 heterocycles.